The van der Waals surface area contributed by atoms with E-state index >= 15 is 0 Å². The van der Waals surface area contributed by atoms with Crippen molar-refractivity contribution in [2.24, 2.45) is 0 Å². The molecule has 0 saturated heterocycles. The molecule has 0 fully saturated rings. The minimum Gasteiger partial charge on any atom is -0.490 e. The molecule has 0 bridgehead atoms. The molecule has 0 radical (unpaired) electrons. The Morgan fingerprint density at radius 3 is 2.93 bits per heavy atom. The second kappa shape index (κ2) is 7.45. The third-order valence-corrected chi connectivity index (χ3v) is 4.44. The maximum Gasteiger partial charge on any atom is 0.259 e. The number of amides is 1. The molecule has 27 heavy (non-hydrogen) atoms. The van der Waals surface area contributed by atoms with Crippen LogP contribution < -0.4 is 9.47 Å². The molecule has 0 aliphatic carbocycles. The summed E-state index contributed by atoms with van der Waals surface area (Å²) in [4.78, 5) is 23.0. The van der Waals surface area contributed by atoms with E-state index in [9.17, 15) is 4.79 Å². The number of hydrogen-bond donors (Lipinski definition) is 0. The Bertz CT molecular complexity index is 928. The van der Waals surface area contributed by atoms with Gasteiger partial charge < -0.3 is 14.4 Å². The number of carbonyl (C=O) groups is 1. The topological polar surface area (TPSA) is 82.4 Å². The summed E-state index contributed by atoms with van der Waals surface area (Å²) in [5, 5.41) is 4.40. The van der Waals surface area contributed by atoms with Crippen LogP contribution in [0.1, 0.15) is 22.1 Å². The molecule has 8 nitrogen and oxygen atoms in total. The standard InChI is InChI=1S/C19H19N5O3/c1-26-18-17(5-3-8-21-18)19(25)23-11-14-6-9-22-24(14)15(12-23)13-27-16-4-2-7-20-10-16/h2-10,15H,11-13H2,1H3. The highest BCUT2D eigenvalue weighted by Gasteiger charge is 2.30. The molecule has 4 heterocycles. The highest BCUT2D eigenvalue weighted by molar-refractivity contribution is 5.96. The Morgan fingerprint density at radius 2 is 2.11 bits per heavy atom. The summed E-state index contributed by atoms with van der Waals surface area (Å²) in [6.45, 7) is 1.33. The smallest absolute Gasteiger partial charge is 0.259 e. The summed E-state index contributed by atoms with van der Waals surface area (Å²) in [7, 11) is 1.51. The number of fused-ring (bicyclic) bond motifs is 1. The first-order chi connectivity index (χ1) is 13.3. The van der Waals surface area contributed by atoms with Crippen molar-refractivity contribution < 1.29 is 14.3 Å². The maximum atomic E-state index is 13.1. The zero-order valence-corrected chi connectivity index (χ0v) is 14.9. The molecule has 3 aromatic heterocycles. The van der Waals surface area contributed by atoms with E-state index in [1.165, 1.54) is 7.11 Å². The zero-order chi connectivity index (χ0) is 18.6. The van der Waals surface area contributed by atoms with Crippen molar-refractivity contribution in [3.63, 3.8) is 0 Å². The molecular formula is C19H19N5O3. The average Bonchev–Trinajstić information content (AvgIpc) is 3.21. The van der Waals surface area contributed by atoms with Gasteiger partial charge in [-0.1, -0.05) is 0 Å². The van der Waals surface area contributed by atoms with E-state index in [-0.39, 0.29) is 11.9 Å². The van der Waals surface area contributed by atoms with Crippen molar-refractivity contribution in [3.8, 4) is 11.6 Å². The van der Waals surface area contributed by atoms with E-state index in [1.54, 1.807) is 41.8 Å². The van der Waals surface area contributed by atoms with Crippen molar-refractivity contribution in [1.82, 2.24) is 24.6 Å². The lowest BCUT2D eigenvalue weighted by Crippen LogP contribution is -2.43. The molecule has 3 aromatic rings. The molecule has 1 atom stereocenters. The molecule has 1 aliphatic rings. The van der Waals surface area contributed by atoms with Crippen molar-refractivity contribution in [2.75, 3.05) is 20.3 Å². The molecule has 1 amide bonds. The Labute approximate surface area is 156 Å². The van der Waals surface area contributed by atoms with Gasteiger partial charge in [0.1, 0.15) is 24.0 Å². The van der Waals surface area contributed by atoms with Gasteiger partial charge in [0.25, 0.3) is 5.91 Å². The Kier molecular flexibility index (Phi) is 4.69. The lowest BCUT2D eigenvalue weighted by molar-refractivity contribution is 0.0629. The second-order valence-electron chi connectivity index (χ2n) is 6.17. The minimum absolute atomic E-state index is 0.101. The predicted molar refractivity (Wildman–Crippen MR) is 96.5 cm³/mol. The van der Waals surface area contributed by atoms with E-state index in [0.29, 0.717) is 36.9 Å². The lowest BCUT2D eigenvalue weighted by atomic mass is 10.1. The SMILES string of the molecule is COc1ncccc1C(=O)N1Cc2ccnn2C(COc2cccnc2)C1. The minimum atomic E-state index is -0.126. The zero-order valence-electron chi connectivity index (χ0n) is 14.9. The van der Waals surface area contributed by atoms with E-state index in [4.69, 9.17) is 9.47 Å². The maximum absolute atomic E-state index is 13.1. The van der Waals surface area contributed by atoms with Gasteiger partial charge in [-0.25, -0.2) is 4.98 Å². The van der Waals surface area contributed by atoms with E-state index in [1.807, 2.05) is 22.9 Å². The average molecular weight is 365 g/mol. The molecule has 8 heteroatoms. The van der Waals surface area contributed by atoms with Crippen LogP contribution in [0.5, 0.6) is 11.6 Å². The number of ether oxygens (including phenoxy) is 2. The summed E-state index contributed by atoms with van der Waals surface area (Å²) >= 11 is 0. The molecule has 1 aliphatic heterocycles. The van der Waals surface area contributed by atoms with Crippen LogP contribution in [0.15, 0.2) is 55.1 Å². The molecule has 0 saturated carbocycles. The van der Waals surface area contributed by atoms with Crippen LogP contribution >= 0.6 is 0 Å². The van der Waals surface area contributed by atoms with Crippen molar-refractivity contribution in [3.05, 3.63) is 66.4 Å². The molecular weight excluding hydrogens is 346 g/mol. The van der Waals surface area contributed by atoms with Crippen molar-refractivity contribution in [1.29, 1.82) is 0 Å². The van der Waals surface area contributed by atoms with E-state index in [0.717, 1.165) is 5.69 Å². The fourth-order valence-electron chi connectivity index (χ4n) is 3.18. The van der Waals surface area contributed by atoms with Gasteiger partial charge in [-0.05, 0) is 30.3 Å². The summed E-state index contributed by atoms with van der Waals surface area (Å²) in [5.41, 5.74) is 1.40. The molecule has 1 unspecified atom stereocenters. The number of nitrogens with zero attached hydrogens (tertiary/aromatic N) is 5. The summed E-state index contributed by atoms with van der Waals surface area (Å²) in [5.74, 6) is 0.882. The van der Waals surface area contributed by atoms with Gasteiger partial charge in [0.05, 0.1) is 25.5 Å². The highest BCUT2D eigenvalue weighted by Crippen LogP contribution is 2.25. The third kappa shape index (κ3) is 3.46. The van der Waals surface area contributed by atoms with Crippen LogP contribution in [-0.2, 0) is 6.54 Å². The highest BCUT2D eigenvalue weighted by atomic mass is 16.5. The third-order valence-electron chi connectivity index (χ3n) is 4.44. The van der Waals surface area contributed by atoms with Gasteiger partial charge in [0.2, 0.25) is 5.88 Å². The van der Waals surface area contributed by atoms with Gasteiger partial charge in [-0.3, -0.25) is 14.5 Å². The molecule has 0 aromatic carbocycles. The predicted octanol–water partition coefficient (Wildman–Crippen LogP) is 1.96. The largest absolute Gasteiger partial charge is 0.490 e. The van der Waals surface area contributed by atoms with Gasteiger partial charge in [-0.15, -0.1) is 0 Å². The Morgan fingerprint density at radius 1 is 1.22 bits per heavy atom. The van der Waals surface area contributed by atoms with Crippen molar-refractivity contribution in [2.45, 2.75) is 12.6 Å². The first-order valence-corrected chi connectivity index (χ1v) is 8.59. The number of methoxy groups -OCH3 is 1. The lowest BCUT2D eigenvalue weighted by Gasteiger charge is -2.34. The monoisotopic (exact) mass is 365 g/mol. The van der Waals surface area contributed by atoms with Gasteiger partial charge in [0.15, 0.2) is 0 Å². The van der Waals surface area contributed by atoms with Crippen LogP contribution in [-0.4, -0.2) is 50.8 Å². The number of hydrogen-bond acceptors (Lipinski definition) is 6. The first kappa shape index (κ1) is 17.0. The summed E-state index contributed by atoms with van der Waals surface area (Å²) < 4.78 is 13.0. The molecule has 138 valence electrons. The van der Waals surface area contributed by atoms with Crippen molar-refractivity contribution >= 4 is 5.91 Å². The fraction of sp³-hybridized carbons (Fsp3) is 0.263. The second-order valence-corrected chi connectivity index (χ2v) is 6.17. The number of carbonyl (C=O) groups excluding carboxylic acids is 1. The Balaban J connectivity index is 1.55. The quantitative estimate of drug-likeness (QED) is 0.687. The van der Waals surface area contributed by atoms with E-state index < -0.39 is 0 Å². The van der Waals surface area contributed by atoms with E-state index in [2.05, 4.69) is 15.1 Å². The van der Waals surface area contributed by atoms with Crippen LogP contribution in [0.25, 0.3) is 0 Å². The molecule has 0 spiro atoms. The van der Waals surface area contributed by atoms with Crippen LogP contribution in [0.2, 0.25) is 0 Å². The fourth-order valence-corrected chi connectivity index (χ4v) is 3.18. The van der Waals surface area contributed by atoms with Crippen LogP contribution in [0, 0.1) is 0 Å². The number of aromatic nitrogens is 4. The Hall–Kier alpha value is -3.42. The normalized spacial score (nSPS) is 15.9. The van der Waals surface area contributed by atoms with Gasteiger partial charge >= 0.3 is 0 Å². The number of rotatable bonds is 5. The summed E-state index contributed by atoms with van der Waals surface area (Å²) in [6.07, 6.45) is 6.70. The molecule has 0 N–H and O–H groups in total. The molecule has 4 rings (SSSR count). The number of pyridine rings is 2. The van der Waals surface area contributed by atoms with Crippen LogP contribution in [0.4, 0.5) is 0 Å². The van der Waals surface area contributed by atoms with Gasteiger partial charge in [0, 0.05) is 25.1 Å². The van der Waals surface area contributed by atoms with Gasteiger partial charge in [-0.2, -0.15) is 5.10 Å². The summed E-state index contributed by atoms with van der Waals surface area (Å²) in [6, 6.07) is 8.93. The van der Waals surface area contributed by atoms with Crippen LogP contribution in [0.3, 0.4) is 0 Å². The first-order valence-electron chi connectivity index (χ1n) is 8.59.